The molecule has 5 nitrogen and oxygen atoms in total. The second-order valence-electron chi connectivity index (χ2n) is 6.43. The summed E-state index contributed by atoms with van der Waals surface area (Å²) < 4.78 is 14.9. The lowest BCUT2D eigenvalue weighted by Gasteiger charge is -2.38. The van der Waals surface area contributed by atoms with E-state index in [4.69, 9.17) is 0 Å². The van der Waals surface area contributed by atoms with Gasteiger partial charge < -0.3 is 4.90 Å². The van der Waals surface area contributed by atoms with Crippen LogP contribution in [0.5, 0.6) is 0 Å². The standard InChI is InChI=1S/C17H19FN4OS/c18-12-1-5-16(6-2-12)24-9-17(23)22-13-3-4-14(22)8-15(7-13)21-11-19-10-20-21/h1-2,5-6,10-11,13-15H,3-4,7-9H2. The molecule has 0 N–H and O–H groups in total. The third-order valence-corrected chi connectivity index (χ3v) is 5.98. The Kier molecular flexibility index (Phi) is 4.26. The molecule has 1 aromatic heterocycles. The molecule has 0 aliphatic carbocycles. The number of nitrogens with zero attached hydrogens (tertiary/aromatic N) is 4. The zero-order valence-electron chi connectivity index (χ0n) is 13.2. The third-order valence-electron chi connectivity index (χ3n) is 4.98. The van der Waals surface area contributed by atoms with Gasteiger partial charge in [-0.3, -0.25) is 4.79 Å². The number of piperidine rings is 1. The van der Waals surface area contributed by atoms with Crippen LogP contribution in [0.1, 0.15) is 31.7 Å². The Morgan fingerprint density at radius 2 is 1.88 bits per heavy atom. The lowest BCUT2D eigenvalue weighted by molar-refractivity contribution is -0.133. The number of rotatable bonds is 4. The van der Waals surface area contributed by atoms with Gasteiger partial charge >= 0.3 is 0 Å². The molecule has 2 unspecified atom stereocenters. The molecule has 0 saturated carbocycles. The molecule has 2 saturated heterocycles. The van der Waals surface area contributed by atoms with Gasteiger partial charge in [-0.25, -0.2) is 14.1 Å². The number of halogens is 1. The van der Waals surface area contributed by atoms with Gasteiger partial charge in [-0.05, 0) is 49.9 Å². The van der Waals surface area contributed by atoms with Crippen molar-refractivity contribution in [2.24, 2.45) is 0 Å². The fourth-order valence-corrected chi connectivity index (χ4v) is 4.70. The summed E-state index contributed by atoms with van der Waals surface area (Å²) in [4.78, 5) is 19.7. The lowest BCUT2D eigenvalue weighted by atomic mass is 9.97. The van der Waals surface area contributed by atoms with Crippen LogP contribution in [0, 0.1) is 5.82 Å². The lowest BCUT2D eigenvalue weighted by Crippen LogP contribution is -2.47. The normalized spacial score (nSPS) is 25.9. The van der Waals surface area contributed by atoms with Crippen LogP contribution in [0.15, 0.2) is 41.8 Å². The minimum Gasteiger partial charge on any atom is -0.336 e. The molecule has 7 heteroatoms. The summed E-state index contributed by atoms with van der Waals surface area (Å²) in [6.45, 7) is 0. The monoisotopic (exact) mass is 346 g/mol. The molecule has 24 heavy (non-hydrogen) atoms. The molecule has 126 valence electrons. The van der Waals surface area contributed by atoms with E-state index >= 15 is 0 Å². The minimum atomic E-state index is -0.251. The van der Waals surface area contributed by atoms with Crippen LogP contribution in [0.2, 0.25) is 0 Å². The Hall–Kier alpha value is -1.89. The van der Waals surface area contributed by atoms with Gasteiger partial charge in [0.1, 0.15) is 18.5 Å². The largest absolute Gasteiger partial charge is 0.336 e. The number of fused-ring (bicyclic) bond motifs is 2. The van der Waals surface area contributed by atoms with Gasteiger partial charge in [-0.2, -0.15) is 5.10 Å². The number of hydrogen-bond acceptors (Lipinski definition) is 4. The maximum absolute atomic E-state index is 12.9. The Bertz CT molecular complexity index is 692. The molecular formula is C17H19FN4OS. The van der Waals surface area contributed by atoms with Crippen LogP contribution in [0.3, 0.4) is 0 Å². The summed E-state index contributed by atoms with van der Waals surface area (Å²) in [5.74, 6) is 0.347. The zero-order valence-corrected chi connectivity index (χ0v) is 14.0. The summed E-state index contributed by atoms with van der Waals surface area (Å²) in [6, 6.07) is 7.26. The van der Waals surface area contributed by atoms with E-state index in [-0.39, 0.29) is 11.7 Å². The molecule has 2 atom stereocenters. The van der Waals surface area contributed by atoms with Crippen LogP contribution in [-0.2, 0) is 4.79 Å². The maximum Gasteiger partial charge on any atom is 0.233 e. The van der Waals surface area contributed by atoms with Crippen molar-refractivity contribution in [1.82, 2.24) is 19.7 Å². The van der Waals surface area contributed by atoms with Crippen LogP contribution >= 0.6 is 11.8 Å². The van der Waals surface area contributed by atoms with Crippen LogP contribution in [0.4, 0.5) is 4.39 Å². The SMILES string of the molecule is O=C(CSc1ccc(F)cc1)N1C2CCC1CC(n1cncn1)C2. The van der Waals surface area contributed by atoms with Crippen molar-refractivity contribution in [3.8, 4) is 0 Å². The highest BCUT2D eigenvalue weighted by atomic mass is 32.2. The molecule has 2 aliphatic rings. The quantitative estimate of drug-likeness (QED) is 0.799. The van der Waals surface area contributed by atoms with E-state index in [1.54, 1.807) is 24.8 Å². The fraction of sp³-hybridized carbons (Fsp3) is 0.471. The van der Waals surface area contributed by atoms with Gasteiger partial charge in [-0.1, -0.05) is 0 Å². The summed E-state index contributed by atoms with van der Waals surface area (Å²) in [6.07, 6.45) is 7.38. The van der Waals surface area contributed by atoms with Crippen LogP contribution in [-0.4, -0.2) is 43.4 Å². The highest BCUT2D eigenvalue weighted by molar-refractivity contribution is 8.00. The van der Waals surface area contributed by atoms with Gasteiger partial charge in [-0.15, -0.1) is 11.8 Å². The van der Waals surface area contributed by atoms with Crippen molar-refractivity contribution in [1.29, 1.82) is 0 Å². The first-order valence-electron chi connectivity index (χ1n) is 8.24. The number of hydrogen-bond donors (Lipinski definition) is 0. The van der Waals surface area contributed by atoms with Crippen molar-refractivity contribution in [3.05, 3.63) is 42.7 Å². The summed E-state index contributed by atoms with van der Waals surface area (Å²) in [5, 5.41) is 4.26. The maximum atomic E-state index is 12.9. The highest BCUT2D eigenvalue weighted by Gasteiger charge is 2.43. The van der Waals surface area contributed by atoms with E-state index in [1.807, 2.05) is 4.68 Å². The average Bonchev–Trinajstić information content (AvgIpc) is 3.21. The van der Waals surface area contributed by atoms with Crippen molar-refractivity contribution in [3.63, 3.8) is 0 Å². The average molecular weight is 346 g/mol. The van der Waals surface area contributed by atoms with E-state index in [0.717, 1.165) is 30.6 Å². The van der Waals surface area contributed by atoms with Crippen LogP contribution in [0.25, 0.3) is 0 Å². The Balaban J connectivity index is 1.38. The number of amides is 1. The molecule has 0 spiro atoms. The molecule has 4 rings (SSSR count). The molecule has 3 heterocycles. The first-order chi connectivity index (χ1) is 11.7. The van der Waals surface area contributed by atoms with E-state index in [1.165, 1.54) is 23.9 Å². The number of carbonyl (C=O) groups is 1. The van der Waals surface area contributed by atoms with Crippen molar-refractivity contribution in [2.75, 3.05) is 5.75 Å². The molecule has 1 aromatic carbocycles. The van der Waals surface area contributed by atoms with E-state index in [0.29, 0.717) is 23.9 Å². The summed E-state index contributed by atoms with van der Waals surface area (Å²) in [5.41, 5.74) is 0. The first kappa shape index (κ1) is 15.6. The van der Waals surface area contributed by atoms with Gasteiger partial charge in [0, 0.05) is 17.0 Å². The molecule has 2 fully saturated rings. The molecule has 2 bridgehead atoms. The van der Waals surface area contributed by atoms with Crippen LogP contribution < -0.4 is 0 Å². The summed E-state index contributed by atoms with van der Waals surface area (Å²) in [7, 11) is 0. The number of thioether (sulfide) groups is 1. The molecule has 2 aliphatic heterocycles. The van der Waals surface area contributed by atoms with E-state index < -0.39 is 0 Å². The minimum absolute atomic E-state index is 0.189. The predicted molar refractivity (Wildman–Crippen MR) is 89.1 cm³/mol. The third kappa shape index (κ3) is 3.05. The van der Waals surface area contributed by atoms with Crippen molar-refractivity contribution in [2.45, 2.75) is 48.7 Å². The smallest absolute Gasteiger partial charge is 0.233 e. The number of carbonyl (C=O) groups excluding carboxylic acids is 1. The van der Waals surface area contributed by atoms with Gasteiger partial charge in [0.05, 0.1) is 11.8 Å². The van der Waals surface area contributed by atoms with Gasteiger partial charge in [0.2, 0.25) is 5.91 Å². The Morgan fingerprint density at radius 3 is 2.50 bits per heavy atom. The number of aromatic nitrogens is 3. The van der Waals surface area contributed by atoms with Crippen molar-refractivity contribution >= 4 is 17.7 Å². The molecular weight excluding hydrogens is 327 g/mol. The first-order valence-corrected chi connectivity index (χ1v) is 9.23. The summed E-state index contributed by atoms with van der Waals surface area (Å²) >= 11 is 1.48. The number of benzene rings is 1. The van der Waals surface area contributed by atoms with E-state index in [9.17, 15) is 9.18 Å². The topological polar surface area (TPSA) is 51.0 Å². The molecule has 2 aromatic rings. The highest BCUT2D eigenvalue weighted by Crippen LogP contribution is 2.40. The second-order valence-corrected chi connectivity index (χ2v) is 7.48. The van der Waals surface area contributed by atoms with E-state index in [2.05, 4.69) is 15.0 Å². The molecule has 0 radical (unpaired) electrons. The Labute approximate surface area is 144 Å². The van der Waals surface area contributed by atoms with Gasteiger partial charge in [0.25, 0.3) is 0 Å². The van der Waals surface area contributed by atoms with Gasteiger partial charge in [0.15, 0.2) is 0 Å². The predicted octanol–water partition coefficient (Wildman–Crippen LogP) is 2.90. The second kappa shape index (κ2) is 6.55. The molecule has 1 amide bonds. The Morgan fingerprint density at radius 1 is 1.17 bits per heavy atom. The zero-order chi connectivity index (χ0) is 16.5. The fourth-order valence-electron chi connectivity index (χ4n) is 3.93. The van der Waals surface area contributed by atoms with Crippen molar-refractivity contribution < 1.29 is 9.18 Å².